The average molecular weight is 268 g/mol. The fourth-order valence-corrected chi connectivity index (χ4v) is 3.66. The molecule has 1 atom stereocenters. The summed E-state index contributed by atoms with van der Waals surface area (Å²) in [6.45, 7) is 2.23. The second kappa shape index (κ2) is 6.31. The number of hydrogen-bond donors (Lipinski definition) is 2. The Morgan fingerprint density at radius 2 is 2.06 bits per heavy atom. The maximum Gasteiger partial charge on any atom is 0.211 e. The smallest absolute Gasteiger partial charge is 0.211 e. The van der Waals surface area contributed by atoms with Gasteiger partial charge in [0.1, 0.15) is 0 Å². The van der Waals surface area contributed by atoms with Crippen molar-refractivity contribution in [3.63, 3.8) is 0 Å². The summed E-state index contributed by atoms with van der Waals surface area (Å²) in [5, 5.41) is 3.18. The molecule has 0 radical (unpaired) electrons. The van der Waals surface area contributed by atoms with Crippen molar-refractivity contribution in [2.24, 2.45) is 5.92 Å². The highest BCUT2D eigenvalue weighted by Gasteiger charge is 2.21. The van der Waals surface area contributed by atoms with E-state index in [0.717, 1.165) is 31.5 Å². The molecule has 0 aliphatic carbocycles. The maximum atomic E-state index is 11.8. The van der Waals surface area contributed by atoms with E-state index >= 15 is 0 Å². The summed E-state index contributed by atoms with van der Waals surface area (Å²) in [4.78, 5) is 0. The summed E-state index contributed by atoms with van der Waals surface area (Å²) in [5.41, 5.74) is 1.16. The van der Waals surface area contributed by atoms with E-state index in [2.05, 4.69) is 10.0 Å². The molecule has 4 nitrogen and oxygen atoms in total. The van der Waals surface area contributed by atoms with Gasteiger partial charge in [0.15, 0.2) is 0 Å². The van der Waals surface area contributed by atoms with Crippen molar-refractivity contribution in [2.75, 3.05) is 25.4 Å². The quantitative estimate of drug-likeness (QED) is 0.801. The van der Waals surface area contributed by atoms with Crippen LogP contribution in [0.1, 0.15) is 12.0 Å². The number of rotatable bonds is 6. The van der Waals surface area contributed by atoms with Crippen LogP contribution in [0.4, 0.5) is 0 Å². The minimum absolute atomic E-state index is 0.245. The molecular weight excluding hydrogens is 248 g/mol. The Morgan fingerprint density at radius 1 is 1.28 bits per heavy atom. The van der Waals surface area contributed by atoms with E-state index in [9.17, 15) is 8.42 Å². The lowest BCUT2D eigenvalue weighted by atomic mass is 10.2. The van der Waals surface area contributed by atoms with E-state index in [0.29, 0.717) is 6.54 Å². The molecule has 1 aromatic carbocycles. The van der Waals surface area contributed by atoms with Crippen LogP contribution < -0.4 is 10.0 Å². The van der Waals surface area contributed by atoms with Crippen molar-refractivity contribution in [3.05, 3.63) is 35.9 Å². The van der Waals surface area contributed by atoms with Gasteiger partial charge < -0.3 is 5.32 Å². The van der Waals surface area contributed by atoms with Gasteiger partial charge in [-0.2, -0.15) is 0 Å². The maximum absolute atomic E-state index is 11.8. The molecule has 1 unspecified atom stereocenters. The molecule has 0 spiro atoms. The fraction of sp³-hybridized carbons (Fsp3) is 0.538. The highest BCUT2D eigenvalue weighted by Crippen LogP contribution is 2.09. The molecule has 18 heavy (non-hydrogen) atoms. The zero-order chi connectivity index (χ0) is 12.8. The zero-order valence-corrected chi connectivity index (χ0v) is 11.2. The van der Waals surface area contributed by atoms with Gasteiger partial charge in [0.05, 0.1) is 5.75 Å². The Hall–Kier alpha value is -0.910. The van der Waals surface area contributed by atoms with Gasteiger partial charge in [-0.25, -0.2) is 13.1 Å². The summed E-state index contributed by atoms with van der Waals surface area (Å²) in [6.07, 6.45) is 1.70. The second-order valence-corrected chi connectivity index (χ2v) is 6.62. The molecule has 0 amide bonds. The van der Waals surface area contributed by atoms with Crippen LogP contribution >= 0.6 is 0 Å². The molecule has 1 heterocycles. The van der Waals surface area contributed by atoms with Crippen LogP contribution in [0.5, 0.6) is 0 Å². The van der Waals surface area contributed by atoms with Crippen LogP contribution in [0, 0.1) is 5.92 Å². The van der Waals surface area contributed by atoms with Crippen molar-refractivity contribution in [1.29, 1.82) is 0 Å². The molecule has 0 saturated carbocycles. The number of sulfonamides is 1. The molecule has 2 rings (SSSR count). The van der Waals surface area contributed by atoms with Gasteiger partial charge in [0.25, 0.3) is 0 Å². The Bertz CT molecular complexity index is 453. The first-order valence-corrected chi connectivity index (χ1v) is 8.03. The molecule has 0 bridgehead atoms. The molecule has 2 N–H and O–H groups in total. The Labute approximate surface area is 109 Å². The molecule has 0 aromatic heterocycles. The van der Waals surface area contributed by atoms with Crippen molar-refractivity contribution >= 4 is 10.0 Å². The minimum atomic E-state index is -3.13. The Morgan fingerprint density at radius 3 is 2.72 bits per heavy atom. The molecule has 1 saturated heterocycles. The van der Waals surface area contributed by atoms with Gasteiger partial charge in [0.2, 0.25) is 10.0 Å². The number of hydrogen-bond acceptors (Lipinski definition) is 3. The predicted octanol–water partition coefficient (Wildman–Crippen LogP) is 0.758. The SMILES string of the molecule is O=S(=O)(CC1CCNC1)NCCc1ccccc1. The third-order valence-electron chi connectivity index (χ3n) is 3.20. The molecular formula is C13H20N2O2S. The van der Waals surface area contributed by atoms with Crippen LogP contribution in [0.3, 0.4) is 0 Å². The topological polar surface area (TPSA) is 58.2 Å². The van der Waals surface area contributed by atoms with Crippen LogP contribution in [0.15, 0.2) is 30.3 Å². The van der Waals surface area contributed by atoms with Gasteiger partial charge in [0, 0.05) is 6.54 Å². The van der Waals surface area contributed by atoms with E-state index in [1.165, 1.54) is 0 Å². The van der Waals surface area contributed by atoms with Crippen molar-refractivity contribution < 1.29 is 8.42 Å². The first-order valence-electron chi connectivity index (χ1n) is 6.38. The highest BCUT2D eigenvalue weighted by atomic mass is 32.2. The van der Waals surface area contributed by atoms with Crippen LogP contribution in [0.2, 0.25) is 0 Å². The van der Waals surface area contributed by atoms with Gasteiger partial charge in [-0.15, -0.1) is 0 Å². The van der Waals surface area contributed by atoms with Crippen LogP contribution in [-0.4, -0.2) is 33.8 Å². The largest absolute Gasteiger partial charge is 0.316 e. The van der Waals surface area contributed by atoms with Crippen LogP contribution in [-0.2, 0) is 16.4 Å². The van der Waals surface area contributed by atoms with Gasteiger partial charge in [-0.1, -0.05) is 30.3 Å². The van der Waals surface area contributed by atoms with Gasteiger partial charge >= 0.3 is 0 Å². The van der Waals surface area contributed by atoms with Crippen molar-refractivity contribution in [1.82, 2.24) is 10.0 Å². The van der Waals surface area contributed by atoms with E-state index in [1.54, 1.807) is 0 Å². The predicted molar refractivity (Wildman–Crippen MR) is 72.9 cm³/mol. The van der Waals surface area contributed by atoms with Crippen LogP contribution in [0.25, 0.3) is 0 Å². The minimum Gasteiger partial charge on any atom is -0.316 e. The van der Waals surface area contributed by atoms with Crippen molar-refractivity contribution in [2.45, 2.75) is 12.8 Å². The molecule has 1 aromatic rings. The van der Waals surface area contributed by atoms with E-state index in [1.807, 2.05) is 30.3 Å². The first kappa shape index (κ1) is 13.5. The summed E-state index contributed by atoms with van der Waals surface area (Å²) in [7, 11) is -3.13. The summed E-state index contributed by atoms with van der Waals surface area (Å²) in [5.74, 6) is 0.508. The lowest BCUT2D eigenvalue weighted by Gasteiger charge is -2.10. The first-order chi connectivity index (χ1) is 8.66. The van der Waals surface area contributed by atoms with Gasteiger partial charge in [-0.3, -0.25) is 0 Å². The summed E-state index contributed by atoms with van der Waals surface area (Å²) >= 11 is 0. The molecule has 1 fully saturated rings. The average Bonchev–Trinajstić information content (AvgIpc) is 2.82. The standard InChI is InChI=1S/C13H20N2O2S/c16-18(17,11-13-6-8-14-10-13)15-9-7-12-4-2-1-3-5-12/h1-5,13-15H,6-11H2. The van der Waals surface area contributed by atoms with E-state index < -0.39 is 10.0 Å². The van der Waals surface area contributed by atoms with Crippen molar-refractivity contribution in [3.8, 4) is 0 Å². The third kappa shape index (κ3) is 4.40. The molecule has 1 aliphatic heterocycles. The zero-order valence-electron chi connectivity index (χ0n) is 10.4. The van der Waals surface area contributed by atoms with Gasteiger partial charge in [-0.05, 0) is 37.4 Å². The lowest BCUT2D eigenvalue weighted by Crippen LogP contribution is -2.32. The normalized spacial score (nSPS) is 20.1. The second-order valence-electron chi connectivity index (χ2n) is 4.77. The Balaban J connectivity index is 1.75. The summed E-state index contributed by atoms with van der Waals surface area (Å²) in [6, 6.07) is 9.91. The van der Waals surface area contributed by atoms with E-state index in [-0.39, 0.29) is 11.7 Å². The molecule has 5 heteroatoms. The summed E-state index contributed by atoms with van der Waals surface area (Å²) < 4.78 is 26.4. The highest BCUT2D eigenvalue weighted by molar-refractivity contribution is 7.89. The fourth-order valence-electron chi connectivity index (χ4n) is 2.22. The van der Waals surface area contributed by atoms with E-state index in [4.69, 9.17) is 0 Å². The number of nitrogens with one attached hydrogen (secondary N) is 2. The third-order valence-corrected chi connectivity index (χ3v) is 4.75. The monoisotopic (exact) mass is 268 g/mol. The lowest BCUT2D eigenvalue weighted by molar-refractivity contribution is 0.558. The molecule has 1 aliphatic rings. The Kier molecular flexibility index (Phi) is 4.74. The molecule has 100 valence electrons. The number of benzene rings is 1.